The molecule has 1 heterocycles. The molecule has 3 rings (SSSR count). The molecule has 0 aliphatic rings. The second-order valence-electron chi connectivity index (χ2n) is 6.42. The first-order valence-corrected chi connectivity index (χ1v) is 9.44. The SMILES string of the molecule is O=C(COC(=O)c1ccccc1NC(=O)Cn1cnnn1)Nc1ccc(Cl)c(C(F)(F)F)c1. The smallest absolute Gasteiger partial charge is 0.417 e. The van der Waals surface area contributed by atoms with Gasteiger partial charge in [0, 0.05) is 5.69 Å². The van der Waals surface area contributed by atoms with Crippen LogP contribution in [0.3, 0.4) is 0 Å². The number of anilines is 2. The zero-order valence-electron chi connectivity index (χ0n) is 16.5. The molecule has 0 bridgehead atoms. The van der Waals surface area contributed by atoms with Gasteiger partial charge in [0.25, 0.3) is 5.91 Å². The fraction of sp³-hybridized carbons (Fsp3) is 0.158. The number of hydrogen-bond donors (Lipinski definition) is 2. The quantitative estimate of drug-likeness (QED) is 0.495. The number of nitrogens with zero attached hydrogens (tertiary/aromatic N) is 4. The summed E-state index contributed by atoms with van der Waals surface area (Å²) >= 11 is 5.54. The van der Waals surface area contributed by atoms with Crippen molar-refractivity contribution >= 4 is 40.8 Å². The van der Waals surface area contributed by atoms with Crippen LogP contribution in [-0.2, 0) is 27.0 Å². The number of para-hydroxylation sites is 1. The largest absolute Gasteiger partial charge is 0.452 e. The van der Waals surface area contributed by atoms with Crippen LogP contribution in [0.25, 0.3) is 0 Å². The van der Waals surface area contributed by atoms with Crippen molar-refractivity contribution in [1.82, 2.24) is 20.2 Å². The number of carbonyl (C=O) groups is 3. The van der Waals surface area contributed by atoms with Crippen molar-refractivity contribution in [2.75, 3.05) is 17.2 Å². The summed E-state index contributed by atoms with van der Waals surface area (Å²) in [5.74, 6) is -2.34. The van der Waals surface area contributed by atoms with Crippen molar-refractivity contribution in [3.8, 4) is 0 Å². The van der Waals surface area contributed by atoms with Crippen molar-refractivity contribution < 1.29 is 32.3 Å². The Hall–Kier alpha value is -4.00. The predicted octanol–water partition coefficient (Wildman–Crippen LogP) is 2.78. The second kappa shape index (κ2) is 10.1. The van der Waals surface area contributed by atoms with Gasteiger partial charge in [-0.25, -0.2) is 9.48 Å². The van der Waals surface area contributed by atoms with Crippen LogP contribution in [0.15, 0.2) is 48.8 Å². The van der Waals surface area contributed by atoms with E-state index in [2.05, 4.69) is 26.2 Å². The first-order valence-electron chi connectivity index (χ1n) is 9.07. The Morgan fingerprint density at radius 1 is 1.06 bits per heavy atom. The lowest BCUT2D eigenvalue weighted by molar-refractivity contribution is -0.137. The van der Waals surface area contributed by atoms with Gasteiger partial charge < -0.3 is 15.4 Å². The van der Waals surface area contributed by atoms with Gasteiger partial charge in [0.2, 0.25) is 5.91 Å². The molecule has 0 saturated heterocycles. The van der Waals surface area contributed by atoms with E-state index in [9.17, 15) is 27.6 Å². The molecule has 0 fully saturated rings. The number of hydrogen-bond acceptors (Lipinski definition) is 7. The first-order chi connectivity index (χ1) is 15.6. The van der Waals surface area contributed by atoms with E-state index in [0.29, 0.717) is 6.07 Å². The highest BCUT2D eigenvalue weighted by atomic mass is 35.5. The molecule has 0 saturated carbocycles. The van der Waals surface area contributed by atoms with Crippen molar-refractivity contribution in [2.24, 2.45) is 0 Å². The second-order valence-corrected chi connectivity index (χ2v) is 6.83. The molecule has 172 valence electrons. The molecule has 14 heteroatoms. The van der Waals surface area contributed by atoms with Gasteiger partial charge in [-0.2, -0.15) is 13.2 Å². The molecule has 2 amide bonds. The third kappa shape index (κ3) is 6.49. The van der Waals surface area contributed by atoms with Crippen LogP contribution >= 0.6 is 11.6 Å². The summed E-state index contributed by atoms with van der Waals surface area (Å²) in [7, 11) is 0. The van der Waals surface area contributed by atoms with Crippen LogP contribution in [0.2, 0.25) is 5.02 Å². The summed E-state index contributed by atoms with van der Waals surface area (Å²) in [6.07, 6.45) is -3.47. The van der Waals surface area contributed by atoms with Gasteiger partial charge in [-0.1, -0.05) is 23.7 Å². The minimum atomic E-state index is -4.71. The van der Waals surface area contributed by atoms with Gasteiger partial charge in [-0.05, 0) is 40.8 Å². The average Bonchev–Trinajstić information content (AvgIpc) is 3.26. The summed E-state index contributed by atoms with van der Waals surface area (Å²) in [5.41, 5.74) is -1.22. The summed E-state index contributed by atoms with van der Waals surface area (Å²) in [5, 5.41) is 14.5. The average molecular weight is 483 g/mol. The number of rotatable bonds is 7. The number of tetrazole rings is 1. The van der Waals surface area contributed by atoms with E-state index in [0.717, 1.165) is 6.07 Å². The lowest BCUT2D eigenvalue weighted by Crippen LogP contribution is -2.23. The summed E-state index contributed by atoms with van der Waals surface area (Å²) in [4.78, 5) is 36.5. The van der Waals surface area contributed by atoms with E-state index in [1.54, 1.807) is 6.07 Å². The van der Waals surface area contributed by atoms with Crippen molar-refractivity contribution in [2.45, 2.75) is 12.7 Å². The lowest BCUT2D eigenvalue weighted by atomic mass is 10.2. The van der Waals surface area contributed by atoms with Crippen LogP contribution in [0.5, 0.6) is 0 Å². The summed E-state index contributed by atoms with van der Waals surface area (Å²) in [6.45, 7) is -0.991. The maximum absolute atomic E-state index is 12.9. The Bertz CT molecular complexity index is 1170. The molecule has 1 aromatic heterocycles. The van der Waals surface area contributed by atoms with E-state index in [1.807, 2.05) is 0 Å². The molecule has 0 radical (unpaired) electrons. The van der Waals surface area contributed by atoms with Crippen LogP contribution in [0.4, 0.5) is 24.5 Å². The van der Waals surface area contributed by atoms with Crippen LogP contribution in [0, 0.1) is 0 Å². The molecule has 0 aliphatic carbocycles. The van der Waals surface area contributed by atoms with E-state index in [4.69, 9.17) is 16.3 Å². The number of alkyl halides is 3. The molecule has 0 atom stereocenters. The number of carbonyl (C=O) groups excluding carboxylic acids is 3. The fourth-order valence-electron chi connectivity index (χ4n) is 2.59. The van der Waals surface area contributed by atoms with Gasteiger partial charge in [-0.15, -0.1) is 5.10 Å². The van der Waals surface area contributed by atoms with Gasteiger partial charge in [0.05, 0.1) is 21.8 Å². The minimum Gasteiger partial charge on any atom is -0.452 e. The third-order valence-electron chi connectivity index (χ3n) is 4.01. The number of esters is 1. The number of benzene rings is 2. The van der Waals surface area contributed by atoms with Crippen LogP contribution < -0.4 is 10.6 Å². The molecular weight excluding hydrogens is 469 g/mol. The van der Waals surface area contributed by atoms with Crippen LogP contribution in [-0.4, -0.2) is 44.6 Å². The van der Waals surface area contributed by atoms with Gasteiger partial charge >= 0.3 is 12.1 Å². The number of nitrogens with one attached hydrogen (secondary N) is 2. The number of halogens is 4. The number of ether oxygens (including phenoxy) is 1. The van der Waals surface area contributed by atoms with Crippen LogP contribution in [0.1, 0.15) is 15.9 Å². The monoisotopic (exact) mass is 482 g/mol. The third-order valence-corrected chi connectivity index (χ3v) is 4.34. The van der Waals surface area contributed by atoms with Crippen molar-refractivity contribution in [1.29, 1.82) is 0 Å². The molecule has 0 unspecified atom stereocenters. The van der Waals surface area contributed by atoms with E-state index in [1.165, 1.54) is 35.3 Å². The van der Waals surface area contributed by atoms with Gasteiger partial charge in [0.1, 0.15) is 12.9 Å². The lowest BCUT2D eigenvalue weighted by Gasteiger charge is -2.13. The molecule has 2 N–H and O–H groups in total. The van der Waals surface area contributed by atoms with E-state index >= 15 is 0 Å². The van der Waals surface area contributed by atoms with E-state index < -0.39 is 41.2 Å². The predicted molar refractivity (Wildman–Crippen MR) is 108 cm³/mol. The summed E-state index contributed by atoms with van der Waals surface area (Å²) < 4.78 is 44.9. The highest BCUT2D eigenvalue weighted by Crippen LogP contribution is 2.36. The number of aromatic nitrogens is 4. The molecule has 3 aromatic rings. The fourth-order valence-corrected chi connectivity index (χ4v) is 2.81. The zero-order valence-corrected chi connectivity index (χ0v) is 17.2. The highest BCUT2D eigenvalue weighted by Gasteiger charge is 2.33. The number of amides is 2. The minimum absolute atomic E-state index is 0.0405. The Kier molecular flexibility index (Phi) is 7.23. The molecular formula is C19H14ClF3N6O4. The molecule has 0 aliphatic heterocycles. The standard InChI is InChI=1S/C19H14ClF3N6O4/c20-14-6-5-11(7-13(14)19(21,22)23)25-17(31)9-33-18(32)12-3-1-2-4-15(12)26-16(30)8-29-10-24-27-28-29/h1-7,10H,8-9H2,(H,25,31)(H,26,30). The molecule has 2 aromatic carbocycles. The maximum Gasteiger partial charge on any atom is 0.417 e. The molecule has 0 spiro atoms. The van der Waals surface area contributed by atoms with Gasteiger partial charge in [-0.3, -0.25) is 9.59 Å². The Morgan fingerprint density at radius 2 is 1.82 bits per heavy atom. The van der Waals surface area contributed by atoms with Gasteiger partial charge in [0.15, 0.2) is 6.61 Å². The Labute approximate surface area is 188 Å². The van der Waals surface area contributed by atoms with E-state index in [-0.39, 0.29) is 23.5 Å². The normalized spacial score (nSPS) is 11.0. The maximum atomic E-state index is 12.9. The van der Waals surface area contributed by atoms with Crippen molar-refractivity contribution in [3.05, 3.63) is 64.9 Å². The summed E-state index contributed by atoms with van der Waals surface area (Å²) in [6, 6.07) is 8.71. The zero-order chi connectivity index (χ0) is 24.0. The Morgan fingerprint density at radius 3 is 2.52 bits per heavy atom. The first kappa shape index (κ1) is 23.7. The Balaban J connectivity index is 1.60. The highest BCUT2D eigenvalue weighted by molar-refractivity contribution is 6.31. The topological polar surface area (TPSA) is 128 Å². The molecule has 10 nitrogen and oxygen atoms in total. The molecule has 33 heavy (non-hydrogen) atoms. The van der Waals surface area contributed by atoms with Crippen molar-refractivity contribution in [3.63, 3.8) is 0 Å².